The molecule has 0 spiro atoms. The predicted octanol–water partition coefficient (Wildman–Crippen LogP) is 3.24. The van der Waals surface area contributed by atoms with Crippen LogP contribution in [0.15, 0.2) is 95.0 Å². The first kappa shape index (κ1) is 21.5. The smallest absolute Gasteiger partial charge is 0.252 e. The highest BCUT2D eigenvalue weighted by Gasteiger charge is 2.32. The Morgan fingerprint density at radius 2 is 1.71 bits per heavy atom. The fourth-order valence-electron chi connectivity index (χ4n) is 4.47. The van der Waals surface area contributed by atoms with Crippen LogP contribution in [0.2, 0.25) is 0 Å². The number of carbonyl (C=O) groups is 1. The third-order valence-corrected chi connectivity index (χ3v) is 6.04. The number of guanidine groups is 1. The van der Waals surface area contributed by atoms with Crippen LogP contribution < -0.4 is 16.4 Å². The number of anilines is 1. The van der Waals surface area contributed by atoms with Gasteiger partial charge in [0.2, 0.25) is 0 Å². The number of rotatable bonds is 6. The van der Waals surface area contributed by atoms with E-state index in [1.807, 2.05) is 79.0 Å². The van der Waals surface area contributed by atoms with Crippen LogP contribution in [-0.2, 0) is 11.2 Å². The Balaban J connectivity index is 1.62. The topological polar surface area (TPSA) is 113 Å². The molecule has 1 aliphatic heterocycles. The number of benzene rings is 3. The first-order chi connectivity index (χ1) is 16.6. The third kappa shape index (κ3) is 4.15. The highest BCUT2D eigenvalue weighted by atomic mass is 16.2. The average molecular weight is 451 g/mol. The van der Waals surface area contributed by atoms with Crippen molar-refractivity contribution in [2.75, 3.05) is 18.0 Å². The molecule has 2 heterocycles. The predicted molar refractivity (Wildman–Crippen MR) is 137 cm³/mol. The van der Waals surface area contributed by atoms with E-state index in [1.165, 1.54) is 0 Å². The second-order valence-corrected chi connectivity index (χ2v) is 8.24. The number of hydrogen-bond acceptors (Lipinski definition) is 3. The number of benzodiazepines with no additional fused rings is 1. The number of nitrogens with zero attached hydrogens (tertiary/aromatic N) is 3. The number of nitrogens with one attached hydrogen (secondary N) is 1. The molecular formula is C27H26N6O. The quantitative estimate of drug-likeness (QED) is 0.310. The first-order valence-corrected chi connectivity index (χ1v) is 11.3. The minimum Gasteiger partial charge on any atom is -0.370 e. The molecule has 1 atom stereocenters. The fourth-order valence-corrected chi connectivity index (χ4v) is 4.47. The number of H-pyrrole nitrogens is 1. The van der Waals surface area contributed by atoms with Crippen molar-refractivity contribution in [1.29, 1.82) is 0 Å². The normalized spacial score (nSPS) is 15.5. The van der Waals surface area contributed by atoms with Gasteiger partial charge < -0.3 is 21.4 Å². The molecule has 5 N–H and O–H groups in total. The fraction of sp³-hybridized carbons (Fsp3) is 0.148. The van der Waals surface area contributed by atoms with Gasteiger partial charge in [0.1, 0.15) is 6.04 Å². The monoisotopic (exact) mass is 450 g/mol. The summed E-state index contributed by atoms with van der Waals surface area (Å²) in [5, 5.41) is 1.10. The summed E-state index contributed by atoms with van der Waals surface area (Å²) in [6.07, 6.45) is 2.45. The van der Waals surface area contributed by atoms with E-state index >= 15 is 0 Å². The summed E-state index contributed by atoms with van der Waals surface area (Å²) in [5.41, 5.74) is 16.7. The van der Waals surface area contributed by atoms with E-state index in [0.717, 1.165) is 39.0 Å². The molecule has 1 amide bonds. The zero-order valence-electron chi connectivity index (χ0n) is 18.7. The van der Waals surface area contributed by atoms with Gasteiger partial charge in [-0.15, -0.1) is 0 Å². The zero-order valence-corrected chi connectivity index (χ0v) is 18.7. The van der Waals surface area contributed by atoms with Crippen LogP contribution in [0.25, 0.3) is 10.9 Å². The van der Waals surface area contributed by atoms with Crippen molar-refractivity contribution >= 4 is 34.2 Å². The Kier molecular flexibility index (Phi) is 5.82. The largest absolute Gasteiger partial charge is 0.370 e. The third-order valence-electron chi connectivity index (χ3n) is 6.04. The van der Waals surface area contributed by atoms with Crippen molar-refractivity contribution in [2.24, 2.45) is 21.5 Å². The summed E-state index contributed by atoms with van der Waals surface area (Å²) in [6.45, 7) is 0.665. The van der Waals surface area contributed by atoms with Gasteiger partial charge in [0.05, 0.1) is 17.9 Å². The van der Waals surface area contributed by atoms with Gasteiger partial charge in [0.15, 0.2) is 5.96 Å². The van der Waals surface area contributed by atoms with Gasteiger partial charge in [-0.1, -0.05) is 66.7 Å². The van der Waals surface area contributed by atoms with E-state index in [9.17, 15) is 4.79 Å². The molecule has 0 aliphatic carbocycles. The van der Waals surface area contributed by atoms with Crippen molar-refractivity contribution < 1.29 is 4.79 Å². The standard InChI is InChI=1S/C27H26N6O/c28-27(29)30-14-15-33-24-13-7-5-11-21(24)25(18-8-2-1-3-9-18)32-23(26(33)34)16-19-17-31-22-12-6-4-10-20(19)22/h1-13,17,23,31H,14-16H2,(H4,28,29,30). The van der Waals surface area contributed by atoms with Gasteiger partial charge in [-0.2, -0.15) is 0 Å². The van der Waals surface area contributed by atoms with E-state index in [1.54, 1.807) is 4.90 Å². The number of hydrogen-bond donors (Lipinski definition) is 3. The van der Waals surface area contributed by atoms with Crippen LogP contribution in [0.4, 0.5) is 5.69 Å². The molecule has 0 bridgehead atoms. The highest BCUT2D eigenvalue weighted by Crippen LogP contribution is 2.30. The minimum atomic E-state index is -0.596. The number of para-hydroxylation sites is 2. The summed E-state index contributed by atoms with van der Waals surface area (Å²) in [7, 11) is 0. The molecule has 1 unspecified atom stereocenters. The van der Waals surface area contributed by atoms with Crippen molar-refractivity contribution in [3.63, 3.8) is 0 Å². The Hall–Kier alpha value is -4.39. The van der Waals surface area contributed by atoms with E-state index < -0.39 is 6.04 Å². The van der Waals surface area contributed by atoms with Crippen LogP contribution in [0.5, 0.6) is 0 Å². The van der Waals surface area contributed by atoms with Crippen LogP contribution in [0, 0.1) is 0 Å². The van der Waals surface area contributed by atoms with Crippen LogP contribution >= 0.6 is 0 Å². The van der Waals surface area contributed by atoms with E-state index in [4.69, 9.17) is 16.5 Å². The second-order valence-electron chi connectivity index (χ2n) is 8.24. The molecule has 5 rings (SSSR count). The maximum absolute atomic E-state index is 13.9. The van der Waals surface area contributed by atoms with E-state index in [2.05, 4.69) is 16.0 Å². The van der Waals surface area contributed by atoms with Crippen molar-refractivity contribution in [1.82, 2.24) is 4.98 Å². The maximum atomic E-state index is 13.9. The van der Waals surface area contributed by atoms with Gasteiger partial charge in [0.25, 0.3) is 5.91 Å². The summed E-state index contributed by atoms with van der Waals surface area (Å²) in [6, 6.07) is 25.4. The summed E-state index contributed by atoms with van der Waals surface area (Å²) in [5.74, 6) is -0.0680. The Labute approximate surface area is 197 Å². The van der Waals surface area contributed by atoms with Gasteiger partial charge >= 0.3 is 0 Å². The molecule has 1 aromatic heterocycles. The molecule has 0 saturated heterocycles. The molecule has 0 radical (unpaired) electrons. The number of carbonyl (C=O) groups excluding carboxylic acids is 1. The SMILES string of the molecule is NC(N)=NCCN1C(=O)C(Cc2c[nH]c3ccccc23)N=C(c2ccccc2)c2ccccc21. The van der Waals surface area contributed by atoms with E-state index in [0.29, 0.717) is 19.5 Å². The van der Waals surface area contributed by atoms with Gasteiger partial charge in [-0.3, -0.25) is 14.8 Å². The lowest BCUT2D eigenvalue weighted by Gasteiger charge is -2.24. The Morgan fingerprint density at radius 1 is 0.971 bits per heavy atom. The Bertz CT molecular complexity index is 1380. The number of nitrogens with two attached hydrogens (primary N) is 2. The van der Waals surface area contributed by atoms with Gasteiger partial charge in [0, 0.05) is 41.2 Å². The van der Waals surface area contributed by atoms with Crippen LogP contribution in [-0.4, -0.2) is 41.7 Å². The molecule has 7 heteroatoms. The Morgan fingerprint density at radius 3 is 2.53 bits per heavy atom. The lowest BCUT2D eigenvalue weighted by Crippen LogP contribution is -2.40. The molecule has 34 heavy (non-hydrogen) atoms. The summed E-state index contributed by atoms with van der Waals surface area (Å²) in [4.78, 5) is 28.2. The van der Waals surface area contributed by atoms with E-state index in [-0.39, 0.29) is 11.9 Å². The number of aromatic amines is 1. The molecule has 3 aromatic carbocycles. The number of aliphatic imine (C=N–C) groups is 2. The summed E-state index contributed by atoms with van der Waals surface area (Å²) < 4.78 is 0. The molecular weight excluding hydrogens is 424 g/mol. The van der Waals surface area contributed by atoms with Crippen LogP contribution in [0.3, 0.4) is 0 Å². The molecule has 0 saturated carbocycles. The average Bonchev–Trinajstić information content (AvgIpc) is 3.22. The number of amides is 1. The molecule has 170 valence electrons. The molecule has 1 aliphatic rings. The highest BCUT2D eigenvalue weighted by molar-refractivity contribution is 6.20. The van der Waals surface area contributed by atoms with Crippen molar-refractivity contribution in [2.45, 2.75) is 12.5 Å². The van der Waals surface area contributed by atoms with Gasteiger partial charge in [-0.05, 0) is 17.7 Å². The lowest BCUT2D eigenvalue weighted by molar-refractivity contribution is -0.119. The number of aromatic nitrogens is 1. The first-order valence-electron chi connectivity index (χ1n) is 11.3. The van der Waals surface area contributed by atoms with Crippen molar-refractivity contribution in [3.8, 4) is 0 Å². The minimum absolute atomic E-state index is 0.00660. The zero-order chi connectivity index (χ0) is 23.5. The lowest BCUT2D eigenvalue weighted by atomic mass is 10.00. The molecule has 4 aromatic rings. The second kappa shape index (κ2) is 9.23. The molecule has 0 fully saturated rings. The van der Waals surface area contributed by atoms with Crippen LogP contribution in [0.1, 0.15) is 16.7 Å². The van der Waals surface area contributed by atoms with Crippen molar-refractivity contribution in [3.05, 3.63) is 102 Å². The van der Waals surface area contributed by atoms with Gasteiger partial charge in [-0.25, -0.2) is 0 Å². The maximum Gasteiger partial charge on any atom is 0.252 e. The molecule has 7 nitrogen and oxygen atoms in total. The number of fused-ring (bicyclic) bond motifs is 2. The summed E-state index contributed by atoms with van der Waals surface area (Å²) >= 11 is 0.